The highest BCUT2D eigenvalue weighted by atomic mass is 32.2. The van der Waals surface area contributed by atoms with Gasteiger partial charge in [0.25, 0.3) is 0 Å². The van der Waals surface area contributed by atoms with Crippen molar-refractivity contribution in [3.63, 3.8) is 0 Å². The van der Waals surface area contributed by atoms with E-state index in [0.29, 0.717) is 0 Å². The number of allylic oxidation sites excluding steroid dienone is 3. The minimum Gasteiger partial charge on any atom is -0.0866 e. The van der Waals surface area contributed by atoms with Gasteiger partial charge < -0.3 is 0 Å². The fourth-order valence-corrected chi connectivity index (χ4v) is 5.73. The molecule has 0 bridgehead atoms. The van der Waals surface area contributed by atoms with Gasteiger partial charge in [0.15, 0.2) is 14.7 Å². The van der Waals surface area contributed by atoms with E-state index in [1.807, 2.05) is 19.1 Å². The lowest BCUT2D eigenvalue weighted by molar-refractivity contribution is 1.32. The van der Waals surface area contributed by atoms with E-state index < -0.39 is 0 Å². The van der Waals surface area contributed by atoms with Gasteiger partial charge in [-0.25, -0.2) is 0 Å². The number of hydrogen-bond donors (Lipinski definition) is 0. The molecule has 0 saturated carbocycles. The first-order chi connectivity index (χ1) is 12.5. The second kappa shape index (κ2) is 9.70. The van der Waals surface area contributed by atoms with Gasteiger partial charge in [0.2, 0.25) is 0 Å². The first-order valence-corrected chi connectivity index (χ1v) is 10.7. The topological polar surface area (TPSA) is 0 Å². The Kier molecular flexibility index (Phi) is 7.62. The summed E-state index contributed by atoms with van der Waals surface area (Å²) in [7, 11) is -0.181. The van der Waals surface area contributed by atoms with Crippen LogP contribution in [0.2, 0.25) is 0 Å². The Morgan fingerprint density at radius 1 is 0.846 bits per heavy atom. The Balaban J connectivity index is 2.47. The Hall–Kier alpha value is -1.90. The molecule has 134 valence electrons. The average molecular weight is 380 g/mol. The number of hydrogen-bond acceptors (Lipinski definition) is 1. The molecule has 0 aromatic heterocycles. The summed E-state index contributed by atoms with van der Waals surface area (Å²) in [6.45, 7) is 16.8. The SMILES string of the molecule is C=C(/C=C\C)SC(=C)/C(=C\C)[S+](c1ccc(C)cc1)c1ccc(C)cc1. The van der Waals surface area contributed by atoms with E-state index in [1.54, 1.807) is 11.8 Å². The van der Waals surface area contributed by atoms with Crippen LogP contribution in [0.1, 0.15) is 25.0 Å². The van der Waals surface area contributed by atoms with Crippen LogP contribution >= 0.6 is 11.8 Å². The van der Waals surface area contributed by atoms with E-state index in [1.165, 1.54) is 25.8 Å². The Morgan fingerprint density at radius 3 is 1.69 bits per heavy atom. The zero-order chi connectivity index (χ0) is 19.1. The third-order valence-electron chi connectivity index (χ3n) is 3.88. The molecule has 0 amide bonds. The molecule has 0 aliphatic carbocycles. The molecule has 0 radical (unpaired) electrons. The number of benzene rings is 2. The van der Waals surface area contributed by atoms with Crippen LogP contribution in [0.4, 0.5) is 0 Å². The van der Waals surface area contributed by atoms with Crippen LogP contribution in [0, 0.1) is 13.8 Å². The molecule has 0 aliphatic rings. The quantitative estimate of drug-likeness (QED) is 0.353. The fourth-order valence-electron chi connectivity index (χ4n) is 2.56. The summed E-state index contributed by atoms with van der Waals surface area (Å²) < 4.78 is 0. The predicted molar refractivity (Wildman–Crippen MR) is 121 cm³/mol. The standard InChI is InChI=1S/C24H27S2/c1-7-9-20(5)25-21(6)24(8-2)26(22-14-10-18(3)11-15-22)23-16-12-19(4)13-17-23/h7-17H,5-6H2,1-4H3/q+1/b9-7-,24-8+. The van der Waals surface area contributed by atoms with E-state index >= 15 is 0 Å². The summed E-state index contributed by atoms with van der Waals surface area (Å²) >= 11 is 1.64. The smallest absolute Gasteiger partial charge is 0.0866 e. The highest BCUT2D eigenvalue weighted by molar-refractivity contribution is 8.09. The second-order valence-electron chi connectivity index (χ2n) is 6.08. The summed E-state index contributed by atoms with van der Waals surface area (Å²) in [5.74, 6) is 0. The molecule has 0 N–H and O–H groups in total. The van der Waals surface area contributed by atoms with Crippen LogP contribution in [0.15, 0.2) is 104 Å². The number of rotatable bonds is 7. The highest BCUT2D eigenvalue weighted by Crippen LogP contribution is 2.39. The molecule has 2 rings (SSSR count). The molecule has 0 aliphatic heterocycles. The third-order valence-corrected chi connectivity index (χ3v) is 7.28. The summed E-state index contributed by atoms with van der Waals surface area (Å²) in [6.07, 6.45) is 6.23. The summed E-state index contributed by atoms with van der Waals surface area (Å²) in [6, 6.07) is 17.7. The predicted octanol–water partition coefficient (Wildman–Crippen LogP) is 7.58. The van der Waals surface area contributed by atoms with Gasteiger partial charge in [-0.3, -0.25) is 0 Å². The van der Waals surface area contributed by atoms with Gasteiger partial charge in [0, 0.05) is 4.91 Å². The van der Waals surface area contributed by atoms with Crippen molar-refractivity contribution in [3.8, 4) is 0 Å². The summed E-state index contributed by atoms with van der Waals surface area (Å²) in [5.41, 5.74) is 2.55. The fraction of sp³-hybridized carbons (Fsp3) is 0.167. The van der Waals surface area contributed by atoms with Crippen LogP contribution in [0.5, 0.6) is 0 Å². The van der Waals surface area contributed by atoms with E-state index in [2.05, 4.69) is 88.5 Å². The van der Waals surface area contributed by atoms with Gasteiger partial charge in [0.1, 0.15) is 10.9 Å². The largest absolute Gasteiger partial charge is 0.175 e. The monoisotopic (exact) mass is 379 g/mol. The molecule has 2 aromatic rings. The zero-order valence-corrected chi connectivity index (χ0v) is 17.7. The van der Waals surface area contributed by atoms with E-state index in [4.69, 9.17) is 0 Å². The van der Waals surface area contributed by atoms with E-state index in [0.717, 1.165) is 9.81 Å². The third kappa shape index (κ3) is 5.30. The highest BCUT2D eigenvalue weighted by Gasteiger charge is 2.32. The van der Waals surface area contributed by atoms with E-state index in [-0.39, 0.29) is 10.9 Å². The molecule has 0 saturated heterocycles. The van der Waals surface area contributed by atoms with Gasteiger partial charge >= 0.3 is 0 Å². The molecule has 0 fully saturated rings. The minimum absolute atomic E-state index is 0.181. The van der Waals surface area contributed by atoms with Crippen molar-refractivity contribution in [2.24, 2.45) is 0 Å². The molecular weight excluding hydrogens is 352 g/mol. The Labute approximate surface area is 165 Å². The van der Waals surface area contributed by atoms with Crippen molar-refractivity contribution in [1.29, 1.82) is 0 Å². The molecule has 0 heterocycles. The number of aryl methyl sites for hydroxylation is 2. The van der Waals surface area contributed by atoms with Crippen molar-refractivity contribution < 1.29 is 0 Å². The lowest BCUT2D eigenvalue weighted by Crippen LogP contribution is -2.08. The van der Waals surface area contributed by atoms with Gasteiger partial charge in [-0.2, -0.15) is 0 Å². The second-order valence-corrected chi connectivity index (χ2v) is 9.29. The number of thioether (sulfide) groups is 1. The average Bonchev–Trinajstić information content (AvgIpc) is 2.61. The summed E-state index contributed by atoms with van der Waals surface area (Å²) in [4.78, 5) is 5.94. The molecule has 0 atom stereocenters. The van der Waals surface area contributed by atoms with Crippen molar-refractivity contribution in [2.75, 3.05) is 0 Å². The Morgan fingerprint density at radius 2 is 1.31 bits per heavy atom. The van der Waals surface area contributed by atoms with Gasteiger partial charge in [0.05, 0.1) is 4.91 Å². The van der Waals surface area contributed by atoms with Gasteiger partial charge in [-0.05, 0) is 58.0 Å². The first kappa shape index (κ1) is 20.4. The van der Waals surface area contributed by atoms with Crippen LogP contribution < -0.4 is 0 Å². The van der Waals surface area contributed by atoms with E-state index in [9.17, 15) is 0 Å². The lowest BCUT2D eigenvalue weighted by atomic mass is 10.2. The van der Waals surface area contributed by atoms with Crippen molar-refractivity contribution in [1.82, 2.24) is 0 Å². The first-order valence-electron chi connectivity index (χ1n) is 8.69. The molecule has 0 nitrogen and oxygen atoms in total. The maximum absolute atomic E-state index is 4.36. The van der Waals surface area contributed by atoms with Gasteiger partial charge in [-0.15, -0.1) is 0 Å². The lowest BCUT2D eigenvalue weighted by Gasteiger charge is -2.13. The minimum atomic E-state index is -0.181. The maximum atomic E-state index is 4.36. The molecule has 2 heteroatoms. The van der Waals surface area contributed by atoms with Crippen LogP contribution in [0.3, 0.4) is 0 Å². The van der Waals surface area contributed by atoms with Crippen molar-refractivity contribution in [2.45, 2.75) is 37.5 Å². The molecule has 0 unspecified atom stereocenters. The normalized spacial score (nSPS) is 12.0. The maximum Gasteiger partial charge on any atom is 0.175 e. The van der Waals surface area contributed by atoms with Crippen molar-refractivity contribution >= 4 is 22.7 Å². The zero-order valence-electron chi connectivity index (χ0n) is 16.1. The van der Waals surface area contributed by atoms with Crippen molar-refractivity contribution in [3.05, 3.63) is 106 Å². The van der Waals surface area contributed by atoms with Crippen LogP contribution in [-0.4, -0.2) is 0 Å². The molecule has 26 heavy (non-hydrogen) atoms. The molecule has 0 spiro atoms. The van der Waals surface area contributed by atoms with Gasteiger partial charge in [-0.1, -0.05) is 72.5 Å². The van der Waals surface area contributed by atoms with Crippen LogP contribution in [-0.2, 0) is 10.9 Å². The molecule has 2 aromatic carbocycles. The summed E-state index contributed by atoms with van der Waals surface area (Å²) in [5, 5.41) is 0. The Bertz CT molecular complexity index is 776. The van der Waals surface area contributed by atoms with Crippen LogP contribution in [0.25, 0.3) is 0 Å². The molecular formula is C24H27S2+.